The van der Waals surface area contributed by atoms with Gasteiger partial charge < -0.3 is 10.6 Å². The molecule has 0 aliphatic heterocycles. The van der Waals surface area contributed by atoms with Crippen molar-refractivity contribution in [3.05, 3.63) is 72.1 Å². The third kappa shape index (κ3) is 3.44. The fourth-order valence-corrected chi connectivity index (χ4v) is 2.63. The lowest BCUT2D eigenvalue weighted by atomic mass is 10.2. The van der Waals surface area contributed by atoms with E-state index in [1.165, 1.54) is 5.56 Å². The van der Waals surface area contributed by atoms with E-state index in [1.807, 2.05) is 55.5 Å². The molecule has 2 aromatic heterocycles. The van der Waals surface area contributed by atoms with Gasteiger partial charge in [0.15, 0.2) is 17.0 Å². The zero-order valence-electron chi connectivity index (χ0n) is 14.6. The third-order valence-corrected chi connectivity index (χ3v) is 3.92. The van der Waals surface area contributed by atoms with Crippen LogP contribution in [0.5, 0.6) is 0 Å². The van der Waals surface area contributed by atoms with Crippen molar-refractivity contribution in [1.82, 2.24) is 19.9 Å². The van der Waals surface area contributed by atoms with Crippen LogP contribution in [-0.2, 0) is 0 Å². The highest BCUT2D eigenvalue weighted by molar-refractivity contribution is 5.86. The van der Waals surface area contributed by atoms with Gasteiger partial charge >= 0.3 is 0 Å². The first kappa shape index (κ1) is 16.0. The van der Waals surface area contributed by atoms with E-state index in [-0.39, 0.29) is 0 Å². The molecule has 0 fully saturated rings. The Labute approximate surface area is 151 Å². The van der Waals surface area contributed by atoms with Gasteiger partial charge in [-0.05, 0) is 43.7 Å². The van der Waals surface area contributed by atoms with Gasteiger partial charge in [-0.1, -0.05) is 29.8 Å². The summed E-state index contributed by atoms with van der Waals surface area (Å²) >= 11 is 0. The topological polar surface area (TPSA) is 75.6 Å². The quantitative estimate of drug-likeness (QED) is 0.568. The number of rotatable bonds is 4. The summed E-state index contributed by atoms with van der Waals surface area (Å²) in [5.74, 6) is 1.08. The molecule has 0 saturated carbocycles. The molecular formula is C20H18N6. The highest BCUT2D eigenvalue weighted by Crippen LogP contribution is 2.24. The lowest BCUT2D eigenvalue weighted by Gasteiger charge is -2.11. The van der Waals surface area contributed by atoms with Crippen molar-refractivity contribution in [3.63, 3.8) is 0 Å². The van der Waals surface area contributed by atoms with Crippen LogP contribution in [0.15, 0.2) is 60.9 Å². The van der Waals surface area contributed by atoms with E-state index in [1.54, 1.807) is 12.4 Å². The average Bonchev–Trinajstić information content (AvgIpc) is 2.64. The minimum atomic E-state index is 0.471. The molecule has 0 aliphatic carbocycles. The number of nitrogens with one attached hydrogen (secondary N) is 2. The molecule has 0 amide bonds. The van der Waals surface area contributed by atoms with E-state index < -0.39 is 0 Å². The van der Waals surface area contributed by atoms with Gasteiger partial charge in [-0.2, -0.15) is 9.97 Å². The van der Waals surface area contributed by atoms with Gasteiger partial charge in [-0.25, -0.2) is 9.97 Å². The van der Waals surface area contributed by atoms with Crippen molar-refractivity contribution < 1.29 is 0 Å². The number of fused-ring (bicyclic) bond motifs is 1. The average molecular weight is 342 g/mol. The van der Waals surface area contributed by atoms with E-state index in [4.69, 9.17) is 0 Å². The van der Waals surface area contributed by atoms with E-state index in [0.717, 1.165) is 16.9 Å². The number of aryl methyl sites for hydroxylation is 2. The minimum absolute atomic E-state index is 0.471. The van der Waals surface area contributed by atoms with E-state index in [0.29, 0.717) is 22.9 Å². The molecule has 6 heteroatoms. The first-order valence-electron chi connectivity index (χ1n) is 8.33. The van der Waals surface area contributed by atoms with Crippen LogP contribution >= 0.6 is 0 Å². The normalized spacial score (nSPS) is 10.7. The molecule has 0 radical (unpaired) electrons. The summed E-state index contributed by atoms with van der Waals surface area (Å²) in [7, 11) is 0. The highest BCUT2D eigenvalue weighted by atomic mass is 15.2. The summed E-state index contributed by atoms with van der Waals surface area (Å²) in [6, 6.07) is 16.2. The van der Waals surface area contributed by atoms with E-state index >= 15 is 0 Å². The molecule has 0 atom stereocenters. The Morgan fingerprint density at radius 3 is 2.35 bits per heavy atom. The Morgan fingerprint density at radius 2 is 1.54 bits per heavy atom. The van der Waals surface area contributed by atoms with Crippen LogP contribution in [-0.4, -0.2) is 19.9 Å². The van der Waals surface area contributed by atoms with Crippen LogP contribution in [0.3, 0.4) is 0 Å². The highest BCUT2D eigenvalue weighted by Gasteiger charge is 2.10. The number of nitrogens with zero attached hydrogens (tertiary/aromatic N) is 4. The molecule has 4 aromatic rings. The van der Waals surface area contributed by atoms with Crippen LogP contribution in [0.1, 0.15) is 11.1 Å². The van der Waals surface area contributed by atoms with Gasteiger partial charge in [0.1, 0.15) is 0 Å². The third-order valence-electron chi connectivity index (χ3n) is 3.92. The minimum Gasteiger partial charge on any atom is -0.338 e. The summed E-state index contributed by atoms with van der Waals surface area (Å²) < 4.78 is 0. The van der Waals surface area contributed by atoms with Crippen LogP contribution in [0, 0.1) is 13.8 Å². The van der Waals surface area contributed by atoms with Crippen molar-refractivity contribution in [2.24, 2.45) is 0 Å². The first-order valence-corrected chi connectivity index (χ1v) is 8.33. The maximum Gasteiger partial charge on any atom is 0.231 e. The standard InChI is InChI=1S/C20H18N6/c1-13-6-8-15(9-7-13)23-19-17-18(22-11-10-21-17)25-20(26-19)24-16-5-3-4-14(2)12-16/h3-12H,1-2H3,(H2,22,23,24,25,26). The number of hydrogen-bond acceptors (Lipinski definition) is 6. The monoisotopic (exact) mass is 342 g/mol. The van der Waals surface area contributed by atoms with E-state index in [2.05, 4.69) is 37.5 Å². The summed E-state index contributed by atoms with van der Waals surface area (Å²) in [5, 5.41) is 6.56. The Balaban J connectivity index is 1.74. The second-order valence-corrected chi connectivity index (χ2v) is 6.11. The molecule has 0 saturated heterocycles. The van der Waals surface area contributed by atoms with Crippen molar-refractivity contribution in [2.75, 3.05) is 10.6 Å². The Hall–Kier alpha value is -3.54. The molecule has 26 heavy (non-hydrogen) atoms. The fraction of sp³-hybridized carbons (Fsp3) is 0.100. The summed E-state index contributed by atoms with van der Waals surface area (Å²) in [5.41, 5.74) is 5.38. The smallest absolute Gasteiger partial charge is 0.231 e. The van der Waals surface area contributed by atoms with Crippen LogP contribution < -0.4 is 10.6 Å². The van der Waals surface area contributed by atoms with Crippen molar-refractivity contribution in [1.29, 1.82) is 0 Å². The number of hydrogen-bond donors (Lipinski definition) is 2. The lowest BCUT2D eigenvalue weighted by molar-refractivity contribution is 1.15. The molecule has 0 unspecified atom stereocenters. The number of benzene rings is 2. The zero-order chi connectivity index (χ0) is 17.9. The Kier molecular flexibility index (Phi) is 4.15. The second kappa shape index (κ2) is 6.76. The maximum atomic E-state index is 4.61. The predicted molar refractivity (Wildman–Crippen MR) is 104 cm³/mol. The largest absolute Gasteiger partial charge is 0.338 e. The molecule has 2 N–H and O–H groups in total. The SMILES string of the molecule is Cc1ccc(Nc2nc(Nc3cccc(C)c3)nc3nccnc23)cc1. The van der Waals surface area contributed by atoms with Crippen LogP contribution in [0.4, 0.5) is 23.1 Å². The summed E-state index contributed by atoms with van der Waals surface area (Å²) in [4.78, 5) is 17.8. The lowest BCUT2D eigenvalue weighted by Crippen LogP contribution is -2.04. The van der Waals surface area contributed by atoms with Gasteiger partial charge in [0.2, 0.25) is 5.95 Å². The fourth-order valence-electron chi connectivity index (χ4n) is 2.63. The van der Waals surface area contributed by atoms with Gasteiger partial charge in [-0.3, -0.25) is 0 Å². The molecule has 128 valence electrons. The van der Waals surface area contributed by atoms with Gasteiger partial charge in [0.05, 0.1) is 0 Å². The van der Waals surface area contributed by atoms with Crippen molar-refractivity contribution >= 4 is 34.3 Å². The molecule has 0 spiro atoms. The molecule has 2 aromatic carbocycles. The van der Waals surface area contributed by atoms with Crippen LogP contribution in [0.25, 0.3) is 11.2 Å². The molecule has 0 bridgehead atoms. The predicted octanol–water partition coefficient (Wildman–Crippen LogP) is 4.52. The van der Waals surface area contributed by atoms with Gasteiger partial charge in [0.25, 0.3) is 0 Å². The van der Waals surface area contributed by atoms with Crippen molar-refractivity contribution in [2.45, 2.75) is 13.8 Å². The Bertz CT molecular complexity index is 1060. The van der Waals surface area contributed by atoms with Gasteiger partial charge in [-0.15, -0.1) is 0 Å². The maximum absolute atomic E-state index is 4.61. The summed E-state index contributed by atoms with van der Waals surface area (Å²) in [6.07, 6.45) is 3.26. The number of aromatic nitrogens is 4. The van der Waals surface area contributed by atoms with E-state index in [9.17, 15) is 0 Å². The van der Waals surface area contributed by atoms with Gasteiger partial charge in [0, 0.05) is 23.8 Å². The molecule has 2 heterocycles. The Morgan fingerprint density at radius 1 is 0.731 bits per heavy atom. The summed E-state index contributed by atoms with van der Waals surface area (Å²) in [6.45, 7) is 4.10. The number of anilines is 4. The second-order valence-electron chi connectivity index (χ2n) is 6.11. The molecular weight excluding hydrogens is 324 g/mol. The molecule has 6 nitrogen and oxygen atoms in total. The van der Waals surface area contributed by atoms with Crippen LogP contribution in [0.2, 0.25) is 0 Å². The first-order chi connectivity index (χ1) is 12.7. The zero-order valence-corrected chi connectivity index (χ0v) is 14.6. The molecule has 4 rings (SSSR count). The van der Waals surface area contributed by atoms with Crippen molar-refractivity contribution in [3.8, 4) is 0 Å². The molecule has 0 aliphatic rings.